The van der Waals surface area contributed by atoms with Crippen molar-refractivity contribution in [3.63, 3.8) is 0 Å². The molecule has 5 nitrogen and oxygen atoms in total. The van der Waals surface area contributed by atoms with Crippen molar-refractivity contribution in [2.75, 3.05) is 11.9 Å². The largest absolute Gasteiger partial charge is 0.403 e. The molecule has 0 aliphatic heterocycles. The second-order valence-electron chi connectivity index (χ2n) is 5.83. The molecule has 4 aromatic rings. The lowest BCUT2D eigenvalue weighted by atomic mass is 10.1. The van der Waals surface area contributed by atoms with Gasteiger partial charge in [0.25, 0.3) is 0 Å². The van der Waals surface area contributed by atoms with Gasteiger partial charge < -0.3 is 9.32 Å². The molecule has 2 heterocycles. The first-order valence-electron chi connectivity index (χ1n) is 7.95. The van der Waals surface area contributed by atoms with E-state index in [0.29, 0.717) is 23.5 Å². The maximum absolute atomic E-state index is 6.23. The number of nitrogens with zero attached hydrogens (tertiary/aromatic N) is 4. The van der Waals surface area contributed by atoms with E-state index in [0.717, 1.165) is 26.5 Å². The highest BCUT2D eigenvalue weighted by atomic mass is 79.9. The zero-order valence-electron chi connectivity index (χ0n) is 13.9. The Morgan fingerprint density at radius 3 is 2.77 bits per heavy atom. The standard InChI is InChI=1S/C19H14BrClN4O/c1-25(11-12-5-2-3-8-16(12)21)19-24-23-18(26-19)14-9-10-22-17-13(14)6-4-7-15(17)20/h2-10H,11H2,1H3. The molecule has 0 unspecified atom stereocenters. The summed E-state index contributed by atoms with van der Waals surface area (Å²) in [6, 6.07) is 15.9. The zero-order valence-corrected chi connectivity index (χ0v) is 16.2. The Labute approximate surface area is 163 Å². The number of aromatic nitrogens is 3. The SMILES string of the molecule is CN(Cc1ccccc1Cl)c1nnc(-c2ccnc3c(Br)cccc23)o1. The third-order valence-electron chi connectivity index (χ3n) is 4.06. The summed E-state index contributed by atoms with van der Waals surface area (Å²) in [5.41, 5.74) is 2.70. The van der Waals surface area contributed by atoms with Crippen LogP contribution >= 0.6 is 27.5 Å². The van der Waals surface area contributed by atoms with Crippen LogP contribution in [-0.2, 0) is 6.54 Å². The fraction of sp³-hybridized carbons (Fsp3) is 0.105. The van der Waals surface area contributed by atoms with Gasteiger partial charge in [-0.3, -0.25) is 4.98 Å². The lowest BCUT2D eigenvalue weighted by Crippen LogP contribution is -2.16. The van der Waals surface area contributed by atoms with Gasteiger partial charge in [0.05, 0.1) is 5.52 Å². The molecule has 0 N–H and O–H groups in total. The summed E-state index contributed by atoms with van der Waals surface area (Å²) >= 11 is 9.76. The monoisotopic (exact) mass is 428 g/mol. The summed E-state index contributed by atoms with van der Waals surface area (Å²) in [5.74, 6) is 0.455. The van der Waals surface area contributed by atoms with E-state index in [1.54, 1.807) is 6.20 Å². The third kappa shape index (κ3) is 3.18. The van der Waals surface area contributed by atoms with E-state index in [9.17, 15) is 0 Å². The molecule has 0 saturated carbocycles. The number of rotatable bonds is 4. The van der Waals surface area contributed by atoms with Crippen LogP contribution in [0.3, 0.4) is 0 Å². The van der Waals surface area contributed by atoms with Crippen molar-refractivity contribution in [1.29, 1.82) is 0 Å². The van der Waals surface area contributed by atoms with Gasteiger partial charge in [-0.25, -0.2) is 0 Å². The maximum atomic E-state index is 6.23. The van der Waals surface area contributed by atoms with Crippen molar-refractivity contribution in [2.45, 2.75) is 6.54 Å². The lowest BCUT2D eigenvalue weighted by molar-refractivity contribution is 0.555. The predicted octanol–water partition coefficient (Wildman–Crippen LogP) is 5.34. The van der Waals surface area contributed by atoms with Crippen LogP contribution in [0.1, 0.15) is 5.56 Å². The van der Waals surface area contributed by atoms with E-state index in [2.05, 4.69) is 31.1 Å². The van der Waals surface area contributed by atoms with Crippen molar-refractivity contribution in [2.24, 2.45) is 0 Å². The van der Waals surface area contributed by atoms with Crippen LogP contribution in [0, 0.1) is 0 Å². The third-order valence-corrected chi connectivity index (χ3v) is 5.07. The van der Waals surface area contributed by atoms with E-state index >= 15 is 0 Å². The topological polar surface area (TPSA) is 55.1 Å². The van der Waals surface area contributed by atoms with Gasteiger partial charge >= 0.3 is 6.01 Å². The van der Waals surface area contributed by atoms with Gasteiger partial charge in [0.2, 0.25) is 5.89 Å². The van der Waals surface area contributed by atoms with Crippen LogP contribution < -0.4 is 4.90 Å². The molecule has 0 amide bonds. The number of fused-ring (bicyclic) bond motifs is 1. The quantitative estimate of drug-likeness (QED) is 0.438. The second kappa shape index (κ2) is 7.05. The number of pyridine rings is 1. The zero-order chi connectivity index (χ0) is 18.1. The molecule has 2 aromatic carbocycles. The molecule has 0 spiro atoms. The Morgan fingerprint density at radius 2 is 1.92 bits per heavy atom. The number of anilines is 1. The predicted molar refractivity (Wildman–Crippen MR) is 106 cm³/mol. The van der Waals surface area contributed by atoms with Gasteiger partial charge in [-0.15, -0.1) is 5.10 Å². The molecule has 2 aromatic heterocycles. The van der Waals surface area contributed by atoms with E-state index in [-0.39, 0.29) is 0 Å². The van der Waals surface area contributed by atoms with Gasteiger partial charge in [0.15, 0.2) is 0 Å². The molecule has 0 aliphatic rings. The van der Waals surface area contributed by atoms with Crippen LogP contribution in [-0.4, -0.2) is 22.2 Å². The molecule has 4 rings (SSSR count). The first kappa shape index (κ1) is 17.0. The highest BCUT2D eigenvalue weighted by molar-refractivity contribution is 9.10. The van der Waals surface area contributed by atoms with Crippen molar-refractivity contribution >= 4 is 44.4 Å². The fourth-order valence-electron chi connectivity index (χ4n) is 2.75. The number of benzene rings is 2. The molecule has 0 fully saturated rings. The maximum Gasteiger partial charge on any atom is 0.318 e. The number of hydrogen-bond donors (Lipinski definition) is 0. The highest BCUT2D eigenvalue weighted by Crippen LogP contribution is 2.31. The Hall–Kier alpha value is -2.44. The Balaban J connectivity index is 1.67. The van der Waals surface area contributed by atoms with Gasteiger partial charge in [0.1, 0.15) is 0 Å². The number of para-hydroxylation sites is 1. The number of hydrogen-bond acceptors (Lipinski definition) is 5. The average Bonchev–Trinajstić information content (AvgIpc) is 3.14. The summed E-state index contributed by atoms with van der Waals surface area (Å²) in [6.45, 7) is 0.573. The van der Waals surface area contributed by atoms with Crippen LogP contribution in [0.15, 0.2) is 63.6 Å². The van der Waals surface area contributed by atoms with E-state index in [1.807, 2.05) is 60.5 Å². The van der Waals surface area contributed by atoms with Crippen molar-refractivity contribution in [3.05, 3.63) is 69.8 Å². The van der Waals surface area contributed by atoms with E-state index < -0.39 is 0 Å². The van der Waals surface area contributed by atoms with Crippen LogP contribution in [0.2, 0.25) is 5.02 Å². The summed E-state index contributed by atoms with van der Waals surface area (Å²) < 4.78 is 6.83. The first-order valence-corrected chi connectivity index (χ1v) is 9.12. The minimum absolute atomic E-state index is 0.430. The van der Waals surface area contributed by atoms with Gasteiger partial charge in [-0.1, -0.05) is 47.0 Å². The molecule has 0 atom stereocenters. The van der Waals surface area contributed by atoms with Crippen molar-refractivity contribution in [3.8, 4) is 11.5 Å². The minimum atomic E-state index is 0.430. The fourth-order valence-corrected chi connectivity index (χ4v) is 3.42. The van der Waals surface area contributed by atoms with Crippen LogP contribution in [0.25, 0.3) is 22.4 Å². The van der Waals surface area contributed by atoms with E-state index in [4.69, 9.17) is 16.0 Å². The molecule has 130 valence electrons. The van der Waals surface area contributed by atoms with Gasteiger partial charge in [0, 0.05) is 40.2 Å². The summed E-state index contributed by atoms with van der Waals surface area (Å²) in [6.07, 6.45) is 1.74. The van der Waals surface area contributed by atoms with Gasteiger partial charge in [-0.05, 0) is 39.7 Å². The Bertz CT molecular complexity index is 1080. The van der Waals surface area contributed by atoms with Crippen molar-refractivity contribution < 1.29 is 4.42 Å². The molecule has 0 aliphatic carbocycles. The van der Waals surface area contributed by atoms with Crippen molar-refractivity contribution in [1.82, 2.24) is 15.2 Å². The molecule has 0 bridgehead atoms. The van der Waals surface area contributed by atoms with Crippen LogP contribution in [0.4, 0.5) is 6.01 Å². The lowest BCUT2D eigenvalue weighted by Gasteiger charge is -2.14. The minimum Gasteiger partial charge on any atom is -0.403 e. The van der Waals surface area contributed by atoms with Gasteiger partial charge in [-0.2, -0.15) is 0 Å². The van der Waals surface area contributed by atoms with E-state index in [1.165, 1.54) is 0 Å². The first-order chi connectivity index (χ1) is 12.6. The number of halogens is 2. The summed E-state index contributed by atoms with van der Waals surface area (Å²) in [7, 11) is 1.89. The molecular formula is C19H14BrClN4O. The molecule has 0 saturated heterocycles. The normalized spacial score (nSPS) is 11.0. The molecule has 7 heteroatoms. The summed E-state index contributed by atoms with van der Waals surface area (Å²) in [5, 5.41) is 10.1. The van der Waals surface area contributed by atoms with Crippen LogP contribution in [0.5, 0.6) is 0 Å². The Morgan fingerprint density at radius 1 is 1.08 bits per heavy atom. The Kier molecular flexibility index (Phi) is 4.61. The second-order valence-corrected chi connectivity index (χ2v) is 7.09. The molecule has 0 radical (unpaired) electrons. The highest BCUT2D eigenvalue weighted by Gasteiger charge is 2.16. The summed E-state index contributed by atoms with van der Waals surface area (Å²) in [4.78, 5) is 6.28. The molecular weight excluding hydrogens is 416 g/mol. The average molecular weight is 430 g/mol. The smallest absolute Gasteiger partial charge is 0.318 e. The molecule has 26 heavy (non-hydrogen) atoms.